The van der Waals surface area contributed by atoms with E-state index in [1.165, 1.54) is 25.4 Å². The van der Waals surface area contributed by atoms with E-state index in [1.54, 1.807) is 16.8 Å². The van der Waals surface area contributed by atoms with Gasteiger partial charge in [0.15, 0.2) is 11.4 Å². The summed E-state index contributed by atoms with van der Waals surface area (Å²) in [6.45, 7) is 0.622. The maximum atomic E-state index is 13.7. The zero-order chi connectivity index (χ0) is 21.5. The molecule has 6 nitrogen and oxygen atoms in total. The van der Waals surface area contributed by atoms with Crippen molar-refractivity contribution in [2.45, 2.75) is 30.8 Å². The van der Waals surface area contributed by atoms with Crippen molar-refractivity contribution >= 4 is 5.91 Å². The van der Waals surface area contributed by atoms with Crippen LogP contribution in [0.25, 0.3) is 0 Å². The van der Waals surface area contributed by atoms with Crippen LogP contribution in [0, 0.1) is 5.82 Å². The fourth-order valence-corrected chi connectivity index (χ4v) is 5.05. The molecule has 0 N–H and O–H groups in total. The predicted octanol–water partition coefficient (Wildman–Crippen LogP) is 3.38. The molecular formula is C24H22FN3O3. The molecule has 1 saturated heterocycles. The average molecular weight is 419 g/mol. The first-order chi connectivity index (χ1) is 15.1. The van der Waals surface area contributed by atoms with E-state index in [1.807, 2.05) is 35.2 Å². The normalized spacial score (nSPS) is 20.8. The van der Waals surface area contributed by atoms with Crippen molar-refractivity contribution in [1.29, 1.82) is 0 Å². The summed E-state index contributed by atoms with van der Waals surface area (Å²) < 4.78 is 20.7. The molecular weight excluding hydrogens is 397 g/mol. The Hall–Kier alpha value is -3.48. The molecule has 3 heterocycles. The quantitative estimate of drug-likeness (QED) is 0.650. The highest BCUT2D eigenvalue weighted by Crippen LogP contribution is 2.45. The van der Waals surface area contributed by atoms with E-state index in [9.17, 15) is 14.0 Å². The summed E-state index contributed by atoms with van der Waals surface area (Å²) in [7, 11) is 1.39. The molecule has 7 heteroatoms. The number of nitrogens with zero attached hydrogens (tertiary/aromatic N) is 3. The van der Waals surface area contributed by atoms with E-state index in [4.69, 9.17) is 4.74 Å². The highest BCUT2D eigenvalue weighted by Gasteiger charge is 2.48. The van der Waals surface area contributed by atoms with Gasteiger partial charge >= 0.3 is 0 Å². The zero-order valence-corrected chi connectivity index (χ0v) is 17.1. The number of ether oxygens (including phenoxy) is 1. The molecule has 158 valence electrons. The van der Waals surface area contributed by atoms with Gasteiger partial charge < -0.3 is 9.64 Å². The summed E-state index contributed by atoms with van der Waals surface area (Å²) >= 11 is 0. The number of carbonyl (C=O) groups excluding carboxylic acids is 1. The highest BCUT2D eigenvalue weighted by molar-refractivity contribution is 5.96. The molecule has 3 atom stereocenters. The Balaban J connectivity index is 1.78. The van der Waals surface area contributed by atoms with Crippen molar-refractivity contribution in [3.05, 3.63) is 93.7 Å². The lowest BCUT2D eigenvalue weighted by atomic mass is 9.80. The second-order valence-electron chi connectivity index (χ2n) is 7.97. The van der Waals surface area contributed by atoms with E-state index < -0.39 is 5.43 Å². The second kappa shape index (κ2) is 7.65. The molecule has 1 amide bonds. The first kappa shape index (κ1) is 19.5. The van der Waals surface area contributed by atoms with Gasteiger partial charge in [-0.15, -0.1) is 0 Å². The second-order valence-corrected chi connectivity index (χ2v) is 7.97. The summed E-state index contributed by atoms with van der Waals surface area (Å²) in [6.07, 6.45) is 2.91. The van der Waals surface area contributed by atoms with Gasteiger partial charge in [0.05, 0.1) is 25.4 Å². The molecule has 0 unspecified atom stereocenters. The summed E-state index contributed by atoms with van der Waals surface area (Å²) in [5.41, 5.74) is 1.72. The minimum Gasteiger partial charge on any atom is -0.491 e. The van der Waals surface area contributed by atoms with Crippen LogP contribution in [0.4, 0.5) is 4.39 Å². The molecule has 0 radical (unpaired) electrons. The van der Waals surface area contributed by atoms with Crippen LogP contribution < -0.4 is 10.2 Å². The van der Waals surface area contributed by atoms with Gasteiger partial charge in [0.2, 0.25) is 5.43 Å². The summed E-state index contributed by atoms with van der Waals surface area (Å²) in [6, 6.07) is 16.0. The molecule has 0 saturated carbocycles. The minimum atomic E-state index is -0.420. The molecule has 3 aromatic rings. The third-order valence-corrected chi connectivity index (χ3v) is 6.34. The zero-order valence-electron chi connectivity index (χ0n) is 17.1. The highest BCUT2D eigenvalue weighted by atomic mass is 19.1. The van der Waals surface area contributed by atoms with Crippen molar-refractivity contribution < 1.29 is 13.9 Å². The Morgan fingerprint density at radius 1 is 1.06 bits per heavy atom. The third kappa shape index (κ3) is 3.12. The van der Waals surface area contributed by atoms with Gasteiger partial charge in [0.25, 0.3) is 5.91 Å². The van der Waals surface area contributed by atoms with Crippen molar-refractivity contribution in [2.24, 2.45) is 0 Å². The molecule has 2 aliphatic heterocycles. The van der Waals surface area contributed by atoms with E-state index >= 15 is 0 Å². The van der Waals surface area contributed by atoms with E-state index in [0.29, 0.717) is 6.54 Å². The van der Waals surface area contributed by atoms with Crippen LogP contribution in [-0.2, 0) is 0 Å². The maximum Gasteiger partial charge on any atom is 0.276 e. The van der Waals surface area contributed by atoms with Crippen molar-refractivity contribution in [2.75, 3.05) is 13.7 Å². The first-order valence-corrected chi connectivity index (χ1v) is 10.4. The molecule has 2 aliphatic rings. The lowest BCUT2D eigenvalue weighted by Crippen LogP contribution is -2.51. The Bertz CT molecular complexity index is 1180. The number of fused-ring (bicyclic) bond motifs is 2. The number of rotatable bonds is 4. The molecule has 0 aliphatic carbocycles. The van der Waals surface area contributed by atoms with Gasteiger partial charge in [-0.25, -0.2) is 4.39 Å². The van der Waals surface area contributed by atoms with Gasteiger partial charge in [-0.1, -0.05) is 42.5 Å². The SMILES string of the molecule is COc1c2n(ncc1=O)[C@@H]([C@H](c1ccccc1)c1ccc(F)cc1)[C@H]1CCCN1C2=O. The molecule has 31 heavy (non-hydrogen) atoms. The van der Waals surface area contributed by atoms with Crippen LogP contribution in [-0.4, -0.2) is 40.3 Å². The van der Waals surface area contributed by atoms with Crippen molar-refractivity contribution in [3.63, 3.8) is 0 Å². The van der Waals surface area contributed by atoms with E-state index in [2.05, 4.69) is 5.10 Å². The van der Waals surface area contributed by atoms with Crippen molar-refractivity contribution in [3.8, 4) is 5.75 Å². The first-order valence-electron chi connectivity index (χ1n) is 10.4. The van der Waals surface area contributed by atoms with Crippen LogP contribution in [0.3, 0.4) is 0 Å². The lowest BCUT2D eigenvalue weighted by molar-refractivity contribution is 0.0564. The number of amides is 1. The Kier molecular flexibility index (Phi) is 4.81. The Morgan fingerprint density at radius 3 is 2.48 bits per heavy atom. The molecule has 2 aromatic carbocycles. The Labute approximate surface area is 178 Å². The lowest BCUT2D eigenvalue weighted by Gasteiger charge is -2.42. The smallest absolute Gasteiger partial charge is 0.276 e. The maximum absolute atomic E-state index is 13.7. The molecule has 5 rings (SSSR count). The molecule has 0 spiro atoms. The van der Waals surface area contributed by atoms with Gasteiger partial charge in [-0.05, 0) is 36.1 Å². The van der Waals surface area contributed by atoms with Crippen molar-refractivity contribution in [1.82, 2.24) is 14.7 Å². The van der Waals surface area contributed by atoms with Gasteiger partial charge in [-0.2, -0.15) is 5.10 Å². The summed E-state index contributed by atoms with van der Waals surface area (Å²) in [5, 5.41) is 4.41. The number of benzene rings is 2. The number of aromatic nitrogens is 2. The number of methoxy groups -OCH3 is 1. The number of hydrogen-bond acceptors (Lipinski definition) is 4. The van der Waals surface area contributed by atoms with E-state index in [-0.39, 0.29) is 41.2 Å². The van der Waals surface area contributed by atoms with Gasteiger partial charge in [0, 0.05) is 12.5 Å². The molecule has 0 bridgehead atoms. The summed E-state index contributed by atoms with van der Waals surface area (Å²) in [4.78, 5) is 27.5. The molecule has 1 aromatic heterocycles. The Morgan fingerprint density at radius 2 is 1.77 bits per heavy atom. The van der Waals surface area contributed by atoms with Crippen LogP contribution in [0.1, 0.15) is 46.4 Å². The van der Waals surface area contributed by atoms with Crippen LogP contribution in [0.2, 0.25) is 0 Å². The largest absolute Gasteiger partial charge is 0.491 e. The minimum absolute atomic E-state index is 0.0151. The van der Waals surface area contributed by atoms with Crippen LogP contribution in [0.15, 0.2) is 65.6 Å². The number of hydrogen-bond donors (Lipinski definition) is 0. The van der Waals surface area contributed by atoms with Crippen LogP contribution >= 0.6 is 0 Å². The number of halogens is 1. The standard InChI is InChI=1S/C24H22FN3O3/c1-31-23-19(29)14-26-28-21(18-8-5-13-27(18)24(30)22(23)28)20(15-6-3-2-4-7-15)16-9-11-17(25)12-10-16/h2-4,6-7,9-12,14,18,20-21H,5,8,13H2,1H3/t18-,20-,21-/m1/s1. The van der Waals surface area contributed by atoms with Gasteiger partial charge in [0.1, 0.15) is 5.82 Å². The summed E-state index contributed by atoms with van der Waals surface area (Å²) in [5.74, 6) is -0.715. The number of carbonyl (C=O) groups is 1. The average Bonchev–Trinajstić information content (AvgIpc) is 3.28. The predicted molar refractivity (Wildman–Crippen MR) is 113 cm³/mol. The molecule has 1 fully saturated rings. The fourth-order valence-electron chi connectivity index (χ4n) is 5.05. The topological polar surface area (TPSA) is 64.4 Å². The fraction of sp³-hybridized carbons (Fsp3) is 0.292. The third-order valence-electron chi connectivity index (χ3n) is 6.34. The van der Waals surface area contributed by atoms with E-state index in [0.717, 1.165) is 24.0 Å². The van der Waals surface area contributed by atoms with Gasteiger partial charge in [-0.3, -0.25) is 14.3 Å². The van der Waals surface area contributed by atoms with Crippen LogP contribution in [0.5, 0.6) is 5.75 Å². The monoisotopic (exact) mass is 419 g/mol.